The molecule has 0 saturated carbocycles. The van der Waals surface area contributed by atoms with Crippen molar-refractivity contribution in [1.82, 2.24) is 15.3 Å². The maximum atomic E-state index is 15.1. The van der Waals surface area contributed by atoms with Crippen LogP contribution in [0.4, 0.5) is 15.8 Å². The van der Waals surface area contributed by atoms with E-state index in [2.05, 4.69) is 57.7 Å². The Balaban J connectivity index is 0.00000226. The molecule has 4 heterocycles. The van der Waals surface area contributed by atoms with Crippen LogP contribution in [0.1, 0.15) is 88.0 Å². The fraction of sp³-hybridized carbons (Fsp3) is 0.606. The van der Waals surface area contributed by atoms with Crippen molar-refractivity contribution >= 4 is 17.6 Å². The first-order valence-corrected chi connectivity index (χ1v) is 15.1. The topological polar surface area (TPSA) is 65.9 Å². The molecule has 226 valence electrons. The number of ether oxygens (including phenoxy) is 1. The standard InChI is InChI=1S/C31H45FN6O.C2H6/c1-20-15-25(38-14-11-28(27(32)19-38)36-23(4)39-31(5,6)7)17-34-30(20)24-9-12-37(13-10-24)29-16-21(2)35-22(3)26(29)18-33-8;1-2/h15-18,24,27-28,36H,4,9-14,19H2,1-3,5-8H3;1-2H3. The van der Waals surface area contributed by atoms with Gasteiger partial charge >= 0.3 is 0 Å². The van der Waals surface area contributed by atoms with Gasteiger partial charge in [0.2, 0.25) is 0 Å². The summed E-state index contributed by atoms with van der Waals surface area (Å²) >= 11 is 0. The lowest BCUT2D eigenvalue weighted by molar-refractivity contribution is 0.0333. The van der Waals surface area contributed by atoms with E-state index in [1.807, 2.05) is 54.0 Å². The monoisotopic (exact) mass is 566 g/mol. The number of aliphatic imine (C=N–C) groups is 1. The zero-order valence-corrected chi connectivity index (χ0v) is 26.7. The number of halogens is 1. The first kappa shape index (κ1) is 32.4. The van der Waals surface area contributed by atoms with Crippen LogP contribution in [0, 0.1) is 20.8 Å². The highest BCUT2D eigenvalue weighted by Crippen LogP contribution is 2.34. The molecule has 8 heteroatoms. The molecule has 2 fully saturated rings. The van der Waals surface area contributed by atoms with Crippen molar-refractivity contribution < 1.29 is 9.13 Å². The highest BCUT2D eigenvalue weighted by molar-refractivity contribution is 5.89. The summed E-state index contributed by atoms with van der Waals surface area (Å²) in [7, 11) is 1.81. The second kappa shape index (κ2) is 14.1. The minimum absolute atomic E-state index is 0.299. The van der Waals surface area contributed by atoms with E-state index in [1.165, 1.54) is 16.9 Å². The Hall–Kier alpha value is -3.16. The van der Waals surface area contributed by atoms with Crippen LogP contribution in [-0.4, -0.2) is 67.2 Å². The fourth-order valence-electron chi connectivity index (χ4n) is 5.84. The van der Waals surface area contributed by atoms with Crippen LogP contribution in [0.25, 0.3) is 0 Å². The van der Waals surface area contributed by atoms with Crippen molar-refractivity contribution in [3.05, 3.63) is 59.0 Å². The zero-order valence-electron chi connectivity index (χ0n) is 26.7. The predicted octanol–water partition coefficient (Wildman–Crippen LogP) is 6.65. The van der Waals surface area contributed by atoms with E-state index in [0.29, 0.717) is 24.8 Å². The number of nitrogens with one attached hydrogen (secondary N) is 1. The minimum atomic E-state index is -1.02. The first-order chi connectivity index (χ1) is 19.4. The number of piperidine rings is 2. The van der Waals surface area contributed by atoms with Gasteiger partial charge in [-0.15, -0.1) is 0 Å². The molecule has 7 nitrogen and oxygen atoms in total. The SMILES string of the molecule is C=C(NC1CCN(c2cnc(C3CCN(c4cc(C)nc(C)c4C=NC)CC3)c(C)c2)CC1F)OC(C)(C)C.CC. The van der Waals surface area contributed by atoms with Crippen molar-refractivity contribution in [2.75, 3.05) is 43.0 Å². The van der Waals surface area contributed by atoms with Gasteiger partial charge in [-0.2, -0.15) is 0 Å². The van der Waals surface area contributed by atoms with Crippen LogP contribution in [-0.2, 0) is 4.74 Å². The predicted molar refractivity (Wildman–Crippen MR) is 170 cm³/mol. The molecule has 2 unspecified atom stereocenters. The number of pyridine rings is 2. The van der Waals surface area contributed by atoms with Gasteiger partial charge in [-0.25, -0.2) is 4.39 Å². The van der Waals surface area contributed by atoms with Gasteiger partial charge in [-0.1, -0.05) is 13.8 Å². The summed E-state index contributed by atoms with van der Waals surface area (Å²) in [5, 5.41) is 3.14. The van der Waals surface area contributed by atoms with Gasteiger partial charge in [0.15, 0.2) is 5.88 Å². The molecule has 0 bridgehead atoms. The maximum Gasteiger partial charge on any atom is 0.180 e. The van der Waals surface area contributed by atoms with Crippen LogP contribution in [0.15, 0.2) is 35.8 Å². The lowest BCUT2D eigenvalue weighted by atomic mass is 9.90. The molecule has 2 atom stereocenters. The molecule has 1 N–H and O–H groups in total. The van der Waals surface area contributed by atoms with E-state index in [1.54, 1.807) is 7.05 Å². The average Bonchev–Trinajstić information content (AvgIpc) is 2.91. The van der Waals surface area contributed by atoms with E-state index in [9.17, 15) is 0 Å². The summed E-state index contributed by atoms with van der Waals surface area (Å²) in [4.78, 5) is 18.4. The van der Waals surface area contributed by atoms with Gasteiger partial charge in [-0.05, 0) is 85.1 Å². The number of hydrogen-bond donors (Lipinski definition) is 1. The second-order valence-electron chi connectivity index (χ2n) is 12.0. The van der Waals surface area contributed by atoms with Crippen molar-refractivity contribution in [2.24, 2.45) is 4.99 Å². The molecule has 0 amide bonds. The number of hydrogen-bond acceptors (Lipinski definition) is 7. The van der Waals surface area contributed by atoms with Crippen LogP contribution in [0.3, 0.4) is 0 Å². The molecule has 4 rings (SSSR count). The van der Waals surface area contributed by atoms with Crippen molar-refractivity contribution in [3.63, 3.8) is 0 Å². The molecular weight excluding hydrogens is 515 g/mol. The molecule has 0 aromatic carbocycles. The molecule has 0 aliphatic carbocycles. The van der Waals surface area contributed by atoms with E-state index in [-0.39, 0.29) is 11.6 Å². The van der Waals surface area contributed by atoms with E-state index in [0.717, 1.165) is 55.1 Å². The highest BCUT2D eigenvalue weighted by Gasteiger charge is 2.31. The van der Waals surface area contributed by atoms with Crippen molar-refractivity contribution in [3.8, 4) is 0 Å². The Morgan fingerprint density at radius 3 is 2.34 bits per heavy atom. The number of aryl methyl sites for hydroxylation is 3. The molecule has 2 saturated heterocycles. The summed E-state index contributed by atoms with van der Waals surface area (Å²) in [6.45, 7) is 23.0. The zero-order chi connectivity index (χ0) is 30.3. The molecular formula is C33H51FN6O. The highest BCUT2D eigenvalue weighted by atomic mass is 19.1. The number of aromatic nitrogens is 2. The molecule has 2 aromatic heterocycles. The fourth-order valence-corrected chi connectivity index (χ4v) is 5.84. The van der Waals surface area contributed by atoms with Crippen LogP contribution in [0.2, 0.25) is 0 Å². The van der Waals surface area contributed by atoms with E-state index >= 15 is 4.39 Å². The molecule has 0 radical (unpaired) electrons. The Labute approximate surface area is 247 Å². The summed E-state index contributed by atoms with van der Waals surface area (Å²) in [5.41, 5.74) is 7.36. The largest absolute Gasteiger partial charge is 0.474 e. The Morgan fingerprint density at radius 1 is 1.10 bits per heavy atom. The number of nitrogens with zero attached hydrogens (tertiary/aromatic N) is 5. The maximum absolute atomic E-state index is 15.1. The third-order valence-electron chi connectivity index (χ3n) is 7.62. The molecule has 2 aromatic rings. The average molecular weight is 567 g/mol. The van der Waals surface area contributed by atoms with Gasteiger partial charge in [0.25, 0.3) is 0 Å². The summed E-state index contributed by atoms with van der Waals surface area (Å²) < 4.78 is 20.9. The van der Waals surface area contributed by atoms with E-state index in [4.69, 9.17) is 9.72 Å². The molecule has 41 heavy (non-hydrogen) atoms. The minimum Gasteiger partial charge on any atom is -0.474 e. The molecule has 2 aliphatic heterocycles. The first-order valence-electron chi connectivity index (χ1n) is 15.1. The summed E-state index contributed by atoms with van der Waals surface area (Å²) in [6.07, 6.45) is 5.59. The van der Waals surface area contributed by atoms with Crippen molar-refractivity contribution in [1.29, 1.82) is 0 Å². The lowest BCUT2D eigenvalue weighted by Crippen LogP contribution is -2.51. The van der Waals surface area contributed by atoms with Gasteiger partial charge in [-0.3, -0.25) is 15.0 Å². The van der Waals surface area contributed by atoms with E-state index < -0.39 is 6.17 Å². The number of anilines is 2. The molecule has 0 spiro atoms. The lowest BCUT2D eigenvalue weighted by Gasteiger charge is -2.38. The van der Waals surface area contributed by atoms with Gasteiger partial charge in [0.05, 0.1) is 24.5 Å². The third kappa shape index (κ3) is 8.43. The number of rotatable bonds is 7. The number of alkyl halides is 1. The van der Waals surface area contributed by atoms with Crippen LogP contribution in [0.5, 0.6) is 0 Å². The van der Waals surface area contributed by atoms with Gasteiger partial charge in [0, 0.05) is 67.1 Å². The van der Waals surface area contributed by atoms with Crippen LogP contribution < -0.4 is 15.1 Å². The Morgan fingerprint density at radius 2 is 1.76 bits per heavy atom. The summed E-state index contributed by atoms with van der Waals surface area (Å²) in [5.74, 6) is 0.848. The smallest absolute Gasteiger partial charge is 0.180 e. The van der Waals surface area contributed by atoms with Crippen molar-refractivity contribution in [2.45, 2.75) is 98.4 Å². The normalized spacial score (nSPS) is 20.0. The second-order valence-corrected chi connectivity index (χ2v) is 12.0. The summed E-state index contributed by atoms with van der Waals surface area (Å²) in [6, 6.07) is 4.06. The van der Waals surface area contributed by atoms with Gasteiger partial charge < -0.3 is 19.9 Å². The third-order valence-corrected chi connectivity index (χ3v) is 7.62. The molecule has 2 aliphatic rings. The van der Waals surface area contributed by atoms with Crippen LogP contribution >= 0.6 is 0 Å². The Bertz CT molecular complexity index is 1200. The Kier molecular flexibility index (Phi) is 11.2. The quantitative estimate of drug-likeness (QED) is 0.299. The van der Waals surface area contributed by atoms with Gasteiger partial charge in [0.1, 0.15) is 11.8 Å².